The third-order valence-corrected chi connectivity index (χ3v) is 6.78. The molecule has 0 spiro atoms. The van der Waals surface area contributed by atoms with E-state index < -0.39 is 10.0 Å². The molecule has 7 nitrogen and oxygen atoms in total. The quantitative estimate of drug-likeness (QED) is 0.867. The summed E-state index contributed by atoms with van der Waals surface area (Å²) in [6, 6.07) is 8.42. The Morgan fingerprint density at radius 1 is 1.23 bits per heavy atom. The van der Waals surface area contributed by atoms with E-state index in [0.717, 1.165) is 17.9 Å². The van der Waals surface area contributed by atoms with Gasteiger partial charge in [0.05, 0.1) is 22.5 Å². The molecule has 1 amide bonds. The minimum atomic E-state index is -3.49. The summed E-state index contributed by atoms with van der Waals surface area (Å²) in [6.45, 7) is 5.36. The Kier molecular flexibility index (Phi) is 5.43. The Morgan fingerprint density at radius 2 is 1.88 bits per heavy atom. The molecule has 2 heterocycles. The van der Waals surface area contributed by atoms with Gasteiger partial charge in [-0.2, -0.15) is 9.40 Å². The van der Waals surface area contributed by atoms with Crippen molar-refractivity contribution in [1.82, 2.24) is 14.1 Å². The molecule has 3 rings (SSSR count). The number of anilines is 1. The van der Waals surface area contributed by atoms with Crippen molar-refractivity contribution < 1.29 is 13.2 Å². The predicted molar refractivity (Wildman–Crippen MR) is 99.2 cm³/mol. The maximum absolute atomic E-state index is 12.6. The van der Waals surface area contributed by atoms with E-state index in [1.54, 1.807) is 36.5 Å². The molecule has 0 unspecified atom stereocenters. The molecule has 1 saturated heterocycles. The SMILES string of the molecule is CCn1ncc(NC(=O)C2CCN(S(=O)(=O)c3ccccc3)CC2)c1C. The maximum atomic E-state index is 12.6. The molecule has 1 fully saturated rings. The van der Waals surface area contributed by atoms with Gasteiger partial charge in [0.15, 0.2) is 0 Å². The molecule has 140 valence electrons. The number of nitrogens with one attached hydrogen (secondary N) is 1. The van der Waals surface area contributed by atoms with Gasteiger partial charge in [-0.3, -0.25) is 9.48 Å². The largest absolute Gasteiger partial charge is 0.323 e. The number of benzene rings is 1. The Morgan fingerprint density at radius 3 is 2.46 bits per heavy atom. The van der Waals surface area contributed by atoms with Crippen LogP contribution < -0.4 is 5.32 Å². The van der Waals surface area contributed by atoms with Gasteiger partial charge in [-0.05, 0) is 38.8 Å². The second-order valence-corrected chi connectivity index (χ2v) is 8.38. The summed E-state index contributed by atoms with van der Waals surface area (Å²) in [4.78, 5) is 12.8. The number of aryl methyl sites for hydroxylation is 1. The number of nitrogens with zero attached hydrogens (tertiary/aromatic N) is 3. The first kappa shape index (κ1) is 18.6. The summed E-state index contributed by atoms with van der Waals surface area (Å²) in [6.07, 6.45) is 2.68. The van der Waals surface area contributed by atoms with Crippen LogP contribution in [-0.4, -0.2) is 41.5 Å². The molecule has 0 atom stereocenters. The molecule has 1 aromatic carbocycles. The van der Waals surface area contributed by atoms with Crippen LogP contribution in [0.4, 0.5) is 5.69 Å². The van der Waals surface area contributed by atoms with Gasteiger partial charge in [0, 0.05) is 25.6 Å². The predicted octanol–water partition coefficient (Wildman–Crippen LogP) is 2.25. The second kappa shape index (κ2) is 7.59. The van der Waals surface area contributed by atoms with Crippen LogP contribution in [-0.2, 0) is 21.4 Å². The zero-order chi connectivity index (χ0) is 18.7. The Hall–Kier alpha value is -2.19. The second-order valence-electron chi connectivity index (χ2n) is 6.44. The Balaban J connectivity index is 1.61. The van der Waals surface area contributed by atoms with Crippen molar-refractivity contribution in [2.75, 3.05) is 18.4 Å². The first-order valence-corrected chi connectivity index (χ1v) is 10.3. The lowest BCUT2D eigenvalue weighted by Crippen LogP contribution is -2.41. The smallest absolute Gasteiger partial charge is 0.243 e. The number of carbonyl (C=O) groups is 1. The molecule has 1 aliphatic rings. The lowest BCUT2D eigenvalue weighted by atomic mass is 9.97. The summed E-state index contributed by atoms with van der Waals surface area (Å²) in [7, 11) is -3.49. The van der Waals surface area contributed by atoms with E-state index in [0.29, 0.717) is 30.8 Å². The molecule has 0 saturated carbocycles. The first-order chi connectivity index (χ1) is 12.4. The molecule has 0 radical (unpaired) electrons. The van der Waals surface area contributed by atoms with Gasteiger partial charge < -0.3 is 5.32 Å². The van der Waals surface area contributed by atoms with Crippen molar-refractivity contribution in [2.24, 2.45) is 5.92 Å². The van der Waals surface area contributed by atoms with Gasteiger partial charge in [0.2, 0.25) is 15.9 Å². The zero-order valence-corrected chi connectivity index (χ0v) is 15.9. The van der Waals surface area contributed by atoms with Gasteiger partial charge in [0.1, 0.15) is 0 Å². The zero-order valence-electron chi connectivity index (χ0n) is 15.1. The average molecular weight is 376 g/mol. The fraction of sp³-hybridized carbons (Fsp3) is 0.444. The van der Waals surface area contributed by atoms with E-state index in [4.69, 9.17) is 0 Å². The molecule has 0 bridgehead atoms. The average Bonchev–Trinajstić information content (AvgIpc) is 3.02. The number of carbonyl (C=O) groups excluding carboxylic acids is 1. The summed E-state index contributed by atoms with van der Waals surface area (Å²) in [5, 5.41) is 7.15. The Labute approximate surface area is 154 Å². The van der Waals surface area contributed by atoms with Crippen LogP contribution in [0.15, 0.2) is 41.4 Å². The van der Waals surface area contributed by atoms with E-state index in [-0.39, 0.29) is 11.8 Å². The number of rotatable bonds is 5. The molecule has 1 aliphatic heterocycles. The normalized spacial score (nSPS) is 16.5. The highest BCUT2D eigenvalue weighted by Gasteiger charge is 2.32. The molecule has 0 aliphatic carbocycles. The Bertz CT molecular complexity index is 869. The number of hydrogen-bond donors (Lipinski definition) is 1. The van der Waals surface area contributed by atoms with Gasteiger partial charge in [-0.1, -0.05) is 18.2 Å². The molecule has 1 aromatic heterocycles. The van der Waals surface area contributed by atoms with E-state index in [1.165, 1.54) is 4.31 Å². The minimum absolute atomic E-state index is 0.0690. The lowest BCUT2D eigenvalue weighted by Gasteiger charge is -2.30. The molecule has 26 heavy (non-hydrogen) atoms. The molecule has 1 N–H and O–H groups in total. The van der Waals surface area contributed by atoms with E-state index >= 15 is 0 Å². The van der Waals surface area contributed by atoms with Crippen molar-refractivity contribution in [3.8, 4) is 0 Å². The number of piperidine rings is 1. The summed E-state index contributed by atoms with van der Waals surface area (Å²) in [5.74, 6) is -0.262. The van der Waals surface area contributed by atoms with E-state index in [9.17, 15) is 13.2 Å². The monoisotopic (exact) mass is 376 g/mol. The molecular formula is C18H24N4O3S. The van der Waals surface area contributed by atoms with E-state index in [2.05, 4.69) is 10.4 Å². The van der Waals surface area contributed by atoms with Crippen molar-refractivity contribution in [3.63, 3.8) is 0 Å². The number of aromatic nitrogens is 2. The highest BCUT2D eigenvalue weighted by molar-refractivity contribution is 7.89. The van der Waals surface area contributed by atoms with Crippen LogP contribution in [0.25, 0.3) is 0 Å². The van der Waals surface area contributed by atoms with Gasteiger partial charge in [-0.15, -0.1) is 0 Å². The van der Waals surface area contributed by atoms with Crippen molar-refractivity contribution >= 4 is 21.6 Å². The maximum Gasteiger partial charge on any atom is 0.243 e. The van der Waals surface area contributed by atoms with E-state index in [1.807, 2.05) is 18.5 Å². The summed E-state index contributed by atoms with van der Waals surface area (Å²) >= 11 is 0. The van der Waals surface area contributed by atoms with Gasteiger partial charge in [-0.25, -0.2) is 8.42 Å². The van der Waals surface area contributed by atoms with Crippen LogP contribution in [0.2, 0.25) is 0 Å². The third-order valence-electron chi connectivity index (χ3n) is 4.87. The van der Waals surface area contributed by atoms with Crippen molar-refractivity contribution in [2.45, 2.75) is 38.1 Å². The van der Waals surface area contributed by atoms with Gasteiger partial charge in [0.25, 0.3) is 0 Å². The topological polar surface area (TPSA) is 84.3 Å². The number of hydrogen-bond acceptors (Lipinski definition) is 4. The number of amides is 1. The molecule has 2 aromatic rings. The third kappa shape index (κ3) is 3.66. The lowest BCUT2D eigenvalue weighted by molar-refractivity contribution is -0.120. The fourth-order valence-corrected chi connectivity index (χ4v) is 4.71. The molecular weight excluding hydrogens is 352 g/mol. The fourth-order valence-electron chi connectivity index (χ4n) is 3.22. The van der Waals surface area contributed by atoms with Crippen LogP contribution in [0.3, 0.4) is 0 Å². The summed E-state index contributed by atoms with van der Waals surface area (Å²) < 4.78 is 28.6. The highest BCUT2D eigenvalue weighted by Crippen LogP contribution is 2.25. The van der Waals surface area contributed by atoms with Crippen LogP contribution in [0.5, 0.6) is 0 Å². The highest BCUT2D eigenvalue weighted by atomic mass is 32.2. The number of sulfonamides is 1. The minimum Gasteiger partial charge on any atom is -0.323 e. The van der Waals surface area contributed by atoms with Crippen LogP contribution in [0, 0.1) is 12.8 Å². The standard InChI is InChI=1S/C18H24N4O3S/c1-3-22-14(2)17(13-19-22)20-18(23)15-9-11-21(12-10-15)26(24,25)16-7-5-4-6-8-16/h4-8,13,15H,3,9-12H2,1-2H3,(H,20,23). The van der Waals surface area contributed by atoms with Crippen LogP contribution in [0.1, 0.15) is 25.5 Å². The van der Waals surface area contributed by atoms with Crippen molar-refractivity contribution in [3.05, 3.63) is 42.2 Å². The summed E-state index contributed by atoms with van der Waals surface area (Å²) in [5.41, 5.74) is 1.64. The first-order valence-electron chi connectivity index (χ1n) is 8.82. The van der Waals surface area contributed by atoms with Crippen molar-refractivity contribution in [1.29, 1.82) is 0 Å². The van der Waals surface area contributed by atoms with Gasteiger partial charge >= 0.3 is 0 Å². The molecule has 8 heteroatoms. The van der Waals surface area contributed by atoms with Crippen LogP contribution >= 0.6 is 0 Å².